The molecule has 0 aliphatic heterocycles. The molecule has 6 heteroatoms. The molecule has 0 unspecified atom stereocenters. The number of rotatable bonds is 29. The van der Waals surface area contributed by atoms with E-state index in [1.54, 1.807) is 0 Å². The van der Waals surface area contributed by atoms with Gasteiger partial charge < -0.3 is 19.3 Å². The van der Waals surface area contributed by atoms with Gasteiger partial charge in [0.2, 0.25) is 0 Å². The van der Waals surface area contributed by atoms with Crippen LogP contribution in [-0.4, -0.2) is 61.0 Å². The fourth-order valence-corrected chi connectivity index (χ4v) is 6.19. The zero-order valence-electron chi connectivity index (χ0n) is 31.1. The first-order valence-corrected chi connectivity index (χ1v) is 19.4. The molecule has 0 radical (unpaired) electrons. The second kappa shape index (κ2) is 27.2. The second-order valence-electron chi connectivity index (χ2n) is 13.4. The van der Waals surface area contributed by atoms with Crippen molar-refractivity contribution in [2.24, 2.45) is 0 Å². The zero-order valence-corrected chi connectivity index (χ0v) is 31.1. The van der Waals surface area contributed by atoms with Gasteiger partial charge in [-0.15, -0.1) is 0 Å². The molecule has 0 bridgehead atoms. The fourth-order valence-electron chi connectivity index (χ4n) is 6.19. The molecular formula is C42H68N2O4. The Morgan fingerprint density at radius 1 is 0.458 bits per heavy atom. The lowest BCUT2D eigenvalue weighted by Crippen LogP contribution is -2.27. The number of carbonyl (C=O) groups excluding carboxylic acids is 2. The van der Waals surface area contributed by atoms with E-state index in [0.717, 1.165) is 74.4 Å². The Hall–Kier alpha value is -2.70. The third kappa shape index (κ3) is 18.2. The molecule has 0 N–H and O–H groups in total. The molecular weight excluding hydrogens is 596 g/mol. The van der Waals surface area contributed by atoms with Crippen molar-refractivity contribution in [1.82, 2.24) is 9.80 Å². The molecule has 0 aliphatic rings. The Bertz CT molecular complexity index is 1010. The molecule has 6 nitrogen and oxygen atoms in total. The van der Waals surface area contributed by atoms with E-state index in [4.69, 9.17) is 9.47 Å². The third-order valence-corrected chi connectivity index (χ3v) is 9.12. The molecule has 0 aromatic heterocycles. The molecule has 0 atom stereocenters. The summed E-state index contributed by atoms with van der Waals surface area (Å²) < 4.78 is 11.6. The minimum absolute atomic E-state index is 0.150. The van der Waals surface area contributed by atoms with Gasteiger partial charge in [-0.3, -0.25) is 9.59 Å². The average Bonchev–Trinajstić information content (AvgIpc) is 3.10. The molecule has 2 aromatic rings. The second-order valence-corrected chi connectivity index (χ2v) is 13.4. The third-order valence-electron chi connectivity index (χ3n) is 9.12. The van der Waals surface area contributed by atoms with Crippen molar-refractivity contribution in [3.05, 3.63) is 59.7 Å². The maximum atomic E-state index is 12.8. The van der Waals surface area contributed by atoms with Crippen molar-refractivity contribution in [1.29, 1.82) is 0 Å². The van der Waals surface area contributed by atoms with E-state index in [1.807, 2.05) is 36.4 Å². The van der Waals surface area contributed by atoms with E-state index in [-0.39, 0.29) is 25.2 Å². The first-order valence-electron chi connectivity index (χ1n) is 19.4. The van der Waals surface area contributed by atoms with Gasteiger partial charge in [-0.2, -0.15) is 0 Å². The van der Waals surface area contributed by atoms with Gasteiger partial charge in [-0.25, -0.2) is 0 Å². The van der Waals surface area contributed by atoms with Crippen LogP contribution in [0.3, 0.4) is 0 Å². The monoisotopic (exact) mass is 665 g/mol. The fraction of sp³-hybridized carbons (Fsp3) is 0.667. The van der Waals surface area contributed by atoms with Gasteiger partial charge in [-0.05, 0) is 100 Å². The minimum atomic E-state index is -0.150. The molecule has 0 heterocycles. The highest BCUT2D eigenvalue weighted by molar-refractivity contribution is 5.73. The van der Waals surface area contributed by atoms with Gasteiger partial charge in [0.05, 0.1) is 0 Å². The Labute approximate surface area is 294 Å². The quantitative estimate of drug-likeness (QED) is 0.0637. The summed E-state index contributed by atoms with van der Waals surface area (Å²) in [5.41, 5.74) is 3.92. The Kier molecular flexibility index (Phi) is 23.5. The highest BCUT2D eigenvalue weighted by Crippen LogP contribution is 2.28. The highest BCUT2D eigenvalue weighted by Gasteiger charge is 2.14. The molecule has 0 saturated heterocycles. The summed E-state index contributed by atoms with van der Waals surface area (Å²) in [6, 6.07) is 16.1. The molecule has 2 aromatic carbocycles. The lowest BCUT2D eigenvalue weighted by molar-refractivity contribution is -0.146. The van der Waals surface area contributed by atoms with E-state index in [2.05, 4.69) is 49.6 Å². The first-order chi connectivity index (χ1) is 23.5. The van der Waals surface area contributed by atoms with Gasteiger partial charge in [0.25, 0.3) is 0 Å². The number of benzene rings is 2. The molecule has 270 valence electrons. The summed E-state index contributed by atoms with van der Waals surface area (Å²) in [6.07, 6.45) is 17.3. The zero-order chi connectivity index (χ0) is 34.7. The van der Waals surface area contributed by atoms with Crippen molar-refractivity contribution in [2.75, 3.05) is 39.3 Å². The smallest absolute Gasteiger partial charge is 0.306 e. The number of hydrogen-bond acceptors (Lipinski definition) is 6. The standard InChI is InChI=1S/C42H68N2O4/c1-5-9-17-29-43(30-18-10-6-2)33-21-27-41(45)47-35-37-23-13-15-25-39(37)40-26-16-14-24-38(40)36-48-42(46)28-22-34-44(31-19-11-7-3)32-20-12-8-4/h13-16,23-26H,5-12,17-22,27-36H2,1-4H3. The number of hydrogen-bond donors (Lipinski definition) is 0. The van der Waals surface area contributed by atoms with Crippen LogP contribution in [0.1, 0.15) is 142 Å². The van der Waals surface area contributed by atoms with Crippen molar-refractivity contribution >= 4 is 11.9 Å². The molecule has 48 heavy (non-hydrogen) atoms. The van der Waals surface area contributed by atoms with Crippen LogP contribution in [0.4, 0.5) is 0 Å². The van der Waals surface area contributed by atoms with Crippen LogP contribution < -0.4 is 0 Å². The largest absolute Gasteiger partial charge is 0.461 e. The van der Waals surface area contributed by atoms with Crippen molar-refractivity contribution < 1.29 is 19.1 Å². The van der Waals surface area contributed by atoms with Crippen LogP contribution in [0.15, 0.2) is 48.5 Å². The highest BCUT2D eigenvalue weighted by atomic mass is 16.5. The van der Waals surface area contributed by atoms with Gasteiger partial charge >= 0.3 is 11.9 Å². The van der Waals surface area contributed by atoms with Gasteiger partial charge in [0, 0.05) is 12.8 Å². The van der Waals surface area contributed by atoms with Crippen molar-refractivity contribution in [3.63, 3.8) is 0 Å². The Balaban J connectivity index is 1.88. The van der Waals surface area contributed by atoms with Crippen molar-refractivity contribution in [2.45, 2.75) is 144 Å². The Morgan fingerprint density at radius 2 is 0.771 bits per heavy atom. The summed E-state index contributed by atoms with van der Waals surface area (Å²) in [7, 11) is 0. The lowest BCUT2D eigenvalue weighted by atomic mass is 9.96. The number of unbranched alkanes of at least 4 members (excludes halogenated alkanes) is 8. The van der Waals surface area contributed by atoms with E-state index in [9.17, 15) is 9.59 Å². The normalized spacial score (nSPS) is 11.4. The van der Waals surface area contributed by atoms with Gasteiger partial charge in [-0.1, -0.05) is 128 Å². The predicted octanol–water partition coefficient (Wildman–Crippen LogP) is 10.4. The van der Waals surface area contributed by atoms with Gasteiger partial charge in [0.1, 0.15) is 13.2 Å². The topological polar surface area (TPSA) is 59.1 Å². The van der Waals surface area contributed by atoms with Crippen LogP contribution in [0.25, 0.3) is 11.1 Å². The summed E-state index contributed by atoms with van der Waals surface area (Å²) in [6.45, 7) is 15.8. The van der Waals surface area contributed by atoms with Crippen LogP contribution in [0.5, 0.6) is 0 Å². The number of nitrogens with zero attached hydrogens (tertiary/aromatic N) is 2. The number of esters is 2. The number of ether oxygens (including phenoxy) is 2. The average molecular weight is 665 g/mol. The maximum Gasteiger partial charge on any atom is 0.306 e. The summed E-state index contributed by atoms with van der Waals surface area (Å²) in [5, 5.41) is 0. The SMILES string of the molecule is CCCCCN(CCCCC)CCCC(=O)OCc1ccccc1-c1ccccc1COC(=O)CCCN(CCCCC)CCCCC. The molecule has 0 spiro atoms. The molecule has 2 rings (SSSR count). The first kappa shape index (κ1) is 41.5. The Morgan fingerprint density at radius 3 is 1.10 bits per heavy atom. The summed E-state index contributed by atoms with van der Waals surface area (Å²) >= 11 is 0. The molecule has 0 saturated carbocycles. The van der Waals surface area contributed by atoms with E-state index in [0.29, 0.717) is 12.8 Å². The maximum absolute atomic E-state index is 12.8. The predicted molar refractivity (Wildman–Crippen MR) is 201 cm³/mol. The summed E-state index contributed by atoms with van der Waals surface area (Å²) in [4.78, 5) is 30.6. The van der Waals surface area contributed by atoms with Crippen LogP contribution >= 0.6 is 0 Å². The lowest BCUT2D eigenvalue weighted by Gasteiger charge is -2.22. The van der Waals surface area contributed by atoms with E-state index < -0.39 is 0 Å². The van der Waals surface area contributed by atoms with Crippen molar-refractivity contribution in [3.8, 4) is 11.1 Å². The molecule has 0 fully saturated rings. The van der Waals surface area contributed by atoms with E-state index >= 15 is 0 Å². The molecule has 0 aliphatic carbocycles. The van der Waals surface area contributed by atoms with Crippen LogP contribution in [-0.2, 0) is 32.3 Å². The van der Waals surface area contributed by atoms with E-state index in [1.165, 1.54) is 77.0 Å². The minimum Gasteiger partial charge on any atom is -0.461 e. The molecule has 0 amide bonds. The number of carbonyl (C=O) groups is 2. The van der Waals surface area contributed by atoms with Crippen LogP contribution in [0.2, 0.25) is 0 Å². The summed E-state index contributed by atoms with van der Waals surface area (Å²) in [5.74, 6) is -0.299. The van der Waals surface area contributed by atoms with Gasteiger partial charge in [0.15, 0.2) is 0 Å². The van der Waals surface area contributed by atoms with Crippen LogP contribution in [0, 0.1) is 0 Å².